The van der Waals surface area contributed by atoms with Gasteiger partial charge >= 0.3 is 0 Å². The molecular weight excluding hydrogens is 330 g/mol. The van der Waals surface area contributed by atoms with Crippen molar-refractivity contribution in [3.05, 3.63) is 29.8 Å². The number of amides is 1. The molecule has 1 aromatic carbocycles. The highest BCUT2D eigenvalue weighted by atomic mass is 16.5. The third-order valence-electron chi connectivity index (χ3n) is 6.25. The molecule has 6 heteroatoms. The van der Waals surface area contributed by atoms with Gasteiger partial charge in [0, 0.05) is 24.3 Å². The van der Waals surface area contributed by atoms with Gasteiger partial charge in [-0.2, -0.15) is 0 Å². The van der Waals surface area contributed by atoms with E-state index in [0.29, 0.717) is 31.1 Å². The Kier molecular flexibility index (Phi) is 5.22. The highest BCUT2D eigenvalue weighted by molar-refractivity contribution is 6.03. The minimum absolute atomic E-state index is 0.0169. The van der Waals surface area contributed by atoms with Crippen LogP contribution in [0.3, 0.4) is 0 Å². The number of benzene rings is 1. The van der Waals surface area contributed by atoms with Crippen LogP contribution >= 0.6 is 0 Å². The Morgan fingerprint density at radius 1 is 1.23 bits per heavy atom. The Labute approximate surface area is 154 Å². The topological polar surface area (TPSA) is 70.7 Å². The lowest BCUT2D eigenvalue weighted by Gasteiger charge is -2.37. The lowest BCUT2D eigenvalue weighted by molar-refractivity contribution is -0.128. The molecule has 6 nitrogen and oxygen atoms in total. The molecule has 3 aliphatic rings. The van der Waals surface area contributed by atoms with Crippen molar-refractivity contribution in [2.24, 2.45) is 5.92 Å². The molecule has 2 N–H and O–H groups in total. The Balaban J connectivity index is 1.30. The molecule has 1 aromatic rings. The first-order valence-corrected chi connectivity index (χ1v) is 9.68. The smallest absolute Gasteiger partial charge is 0.293 e. The summed E-state index contributed by atoms with van der Waals surface area (Å²) in [6.07, 6.45) is 4.13. The van der Waals surface area contributed by atoms with Crippen molar-refractivity contribution >= 4 is 18.1 Å². The number of hydrogen-bond acceptors (Lipinski definition) is 5. The summed E-state index contributed by atoms with van der Waals surface area (Å²) < 4.78 is 4.81. The summed E-state index contributed by atoms with van der Waals surface area (Å²) in [5.41, 5.74) is 2.17. The van der Waals surface area contributed by atoms with Crippen LogP contribution in [-0.4, -0.2) is 55.6 Å². The maximum absolute atomic E-state index is 12.5. The zero-order chi connectivity index (χ0) is 17.9. The van der Waals surface area contributed by atoms with E-state index in [1.165, 1.54) is 5.56 Å². The molecule has 3 atom stereocenters. The van der Waals surface area contributed by atoms with Gasteiger partial charge in [0.1, 0.15) is 0 Å². The first-order chi connectivity index (χ1) is 12.8. The molecule has 0 spiro atoms. The molecule has 3 aliphatic heterocycles. The summed E-state index contributed by atoms with van der Waals surface area (Å²) in [4.78, 5) is 25.3. The third kappa shape index (κ3) is 3.48. The SMILES string of the molecule is O=COCCC1CC(N2CCC(C3C(=O)Nc4ccccc43)CC2)CN1. The zero-order valence-electron chi connectivity index (χ0n) is 15.0. The number of carbonyl (C=O) groups is 2. The van der Waals surface area contributed by atoms with E-state index in [4.69, 9.17) is 4.74 Å². The zero-order valence-corrected chi connectivity index (χ0v) is 15.0. The molecule has 4 rings (SSSR count). The molecule has 0 radical (unpaired) electrons. The van der Waals surface area contributed by atoms with Crippen molar-refractivity contribution in [3.63, 3.8) is 0 Å². The van der Waals surface area contributed by atoms with Crippen LogP contribution in [-0.2, 0) is 14.3 Å². The van der Waals surface area contributed by atoms with Gasteiger partial charge in [0.15, 0.2) is 0 Å². The maximum atomic E-state index is 12.5. The van der Waals surface area contributed by atoms with Crippen molar-refractivity contribution in [2.45, 2.75) is 43.7 Å². The average Bonchev–Trinajstić information content (AvgIpc) is 3.26. The van der Waals surface area contributed by atoms with Gasteiger partial charge in [-0.15, -0.1) is 0 Å². The predicted octanol–water partition coefficient (Wildman–Crippen LogP) is 1.73. The van der Waals surface area contributed by atoms with Gasteiger partial charge in [0.2, 0.25) is 5.91 Å². The van der Waals surface area contributed by atoms with E-state index >= 15 is 0 Å². The number of likely N-dealkylation sites (tertiary alicyclic amines) is 1. The van der Waals surface area contributed by atoms with E-state index in [2.05, 4.69) is 21.6 Å². The minimum Gasteiger partial charge on any atom is -0.468 e. The fourth-order valence-electron chi connectivity index (χ4n) is 4.87. The standard InChI is InChI=1S/C20H27N3O3/c24-13-26-10-7-15-11-16(12-21-15)23-8-5-14(6-9-23)19-17-3-1-2-4-18(17)22-20(19)25/h1-4,13-16,19,21H,5-12H2,(H,22,25). The normalized spacial score (nSPS) is 29.4. The number of hydrogen-bond donors (Lipinski definition) is 2. The first-order valence-electron chi connectivity index (χ1n) is 9.68. The van der Waals surface area contributed by atoms with E-state index < -0.39 is 0 Å². The number of fused-ring (bicyclic) bond motifs is 1. The van der Waals surface area contributed by atoms with Crippen LogP contribution in [0.15, 0.2) is 24.3 Å². The van der Waals surface area contributed by atoms with E-state index in [0.717, 1.165) is 51.0 Å². The average molecular weight is 357 g/mol. The maximum Gasteiger partial charge on any atom is 0.293 e. The summed E-state index contributed by atoms with van der Waals surface area (Å²) in [6, 6.07) is 9.10. The van der Waals surface area contributed by atoms with Crippen LogP contribution < -0.4 is 10.6 Å². The monoisotopic (exact) mass is 357 g/mol. The number of para-hydroxylation sites is 1. The Hall–Kier alpha value is -1.92. The van der Waals surface area contributed by atoms with Crippen LogP contribution in [0.4, 0.5) is 5.69 Å². The van der Waals surface area contributed by atoms with Gasteiger partial charge < -0.3 is 15.4 Å². The van der Waals surface area contributed by atoms with Crippen molar-refractivity contribution in [3.8, 4) is 0 Å². The fourth-order valence-corrected chi connectivity index (χ4v) is 4.87. The van der Waals surface area contributed by atoms with E-state index in [1.54, 1.807) is 0 Å². The van der Waals surface area contributed by atoms with Crippen molar-refractivity contribution in [1.29, 1.82) is 0 Å². The quantitative estimate of drug-likeness (QED) is 0.599. The predicted molar refractivity (Wildman–Crippen MR) is 98.9 cm³/mol. The van der Waals surface area contributed by atoms with Gasteiger partial charge in [-0.1, -0.05) is 18.2 Å². The van der Waals surface area contributed by atoms with Crippen LogP contribution in [0.5, 0.6) is 0 Å². The Morgan fingerprint density at radius 2 is 2.04 bits per heavy atom. The number of nitrogens with zero attached hydrogens (tertiary/aromatic N) is 1. The molecule has 3 heterocycles. The summed E-state index contributed by atoms with van der Waals surface area (Å²) in [5.74, 6) is 0.617. The van der Waals surface area contributed by atoms with E-state index in [9.17, 15) is 9.59 Å². The van der Waals surface area contributed by atoms with E-state index in [1.807, 2.05) is 18.2 Å². The van der Waals surface area contributed by atoms with Crippen LogP contribution in [0, 0.1) is 5.92 Å². The summed E-state index contributed by atoms with van der Waals surface area (Å²) in [5, 5.41) is 6.59. The molecule has 0 aliphatic carbocycles. The Bertz CT molecular complexity index is 657. The number of rotatable bonds is 6. The number of nitrogens with one attached hydrogen (secondary N) is 2. The molecule has 0 saturated carbocycles. The molecule has 1 amide bonds. The first kappa shape index (κ1) is 17.5. The summed E-state index contributed by atoms with van der Waals surface area (Å²) in [7, 11) is 0. The van der Waals surface area contributed by atoms with Gasteiger partial charge in [0.05, 0.1) is 12.5 Å². The van der Waals surface area contributed by atoms with Crippen LogP contribution in [0.2, 0.25) is 0 Å². The largest absolute Gasteiger partial charge is 0.468 e. The molecule has 3 unspecified atom stereocenters. The van der Waals surface area contributed by atoms with Gasteiger partial charge in [0.25, 0.3) is 6.47 Å². The van der Waals surface area contributed by atoms with Gasteiger partial charge in [-0.3, -0.25) is 14.5 Å². The molecular formula is C20H27N3O3. The van der Waals surface area contributed by atoms with Crippen molar-refractivity contribution in [1.82, 2.24) is 10.2 Å². The van der Waals surface area contributed by atoms with E-state index in [-0.39, 0.29) is 11.8 Å². The third-order valence-corrected chi connectivity index (χ3v) is 6.25. The minimum atomic E-state index is 0.0169. The van der Waals surface area contributed by atoms with Crippen LogP contribution in [0.25, 0.3) is 0 Å². The fraction of sp³-hybridized carbons (Fsp3) is 0.600. The van der Waals surface area contributed by atoms with Crippen LogP contribution in [0.1, 0.15) is 37.2 Å². The summed E-state index contributed by atoms with van der Waals surface area (Å²) in [6.45, 7) is 4.13. The molecule has 0 aromatic heterocycles. The second-order valence-corrected chi connectivity index (χ2v) is 7.68. The Morgan fingerprint density at radius 3 is 2.85 bits per heavy atom. The molecule has 2 fully saturated rings. The lowest BCUT2D eigenvalue weighted by atomic mass is 9.80. The lowest BCUT2D eigenvalue weighted by Crippen LogP contribution is -2.43. The molecule has 2 saturated heterocycles. The number of piperidine rings is 1. The van der Waals surface area contributed by atoms with Gasteiger partial charge in [-0.05, 0) is 56.3 Å². The highest BCUT2D eigenvalue weighted by Gasteiger charge is 2.39. The number of ether oxygens (including phenoxy) is 1. The second kappa shape index (κ2) is 7.76. The number of anilines is 1. The highest BCUT2D eigenvalue weighted by Crippen LogP contribution is 2.41. The second-order valence-electron chi connectivity index (χ2n) is 7.68. The van der Waals surface area contributed by atoms with Gasteiger partial charge in [-0.25, -0.2) is 0 Å². The molecule has 0 bridgehead atoms. The molecule has 26 heavy (non-hydrogen) atoms. The van der Waals surface area contributed by atoms with Crippen molar-refractivity contribution < 1.29 is 14.3 Å². The number of carbonyl (C=O) groups excluding carboxylic acids is 2. The summed E-state index contributed by atoms with van der Waals surface area (Å²) >= 11 is 0. The van der Waals surface area contributed by atoms with Crippen molar-refractivity contribution in [2.75, 3.05) is 31.6 Å². The molecule has 140 valence electrons.